The van der Waals surface area contributed by atoms with E-state index in [-0.39, 0.29) is 5.41 Å². The van der Waals surface area contributed by atoms with Crippen LogP contribution in [0.25, 0.3) is 22.2 Å². The van der Waals surface area contributed by atoms with Crippen LogP contribution < -0.4 is 4.74 Å². The largest absolute Gasteiger partial charge is 0.496 e. The van der Waals surface area contributed by atoms with Gasteiger partial charge in [-0.15, -0.1) is 0 Å². The fraction of sp³-hybridized carbons (Fsp3) is 0.208. The molecule has 0 saturated carbocycles. The highest BCUT2D eigenvalue weighted by Gasteiger charge is 2.15. The van der Waals surface area contributed by atoms with Crippen molar-refractivity contribution >= 4 is 29.2 Å². The van der Waals surface area contributed by atoms with Crippen molar-refractivity contribution in [1.82, 2.24) is 14.9 Å². The van der Waals surface area contributed by atoms with Crippen LogP contribution in [-0.4, -0.2) is 28.2 Å². The van der Waals surface area contributed by atoms with Gasteiger partial charge in [-0.25, -0.2) is 5.10 Å². The third-order valence-corrected chi connectivity index (χ3v) is 5.38. The number of methoxy groups -OCH3 is 1. The average molecular weight is 417 g/mol. The van der Waals surface area contributed by atoms with Crippen molar-refractivity contribution in [2.45, 2.75) is 26.2 Å². The van der Waals surface area contributed by atoms with Gasteiger partial charge < -0.3 is 4.74 Å². The monoisotopic (exact) mass is 416 g/mol. The van der Waals surface area contributed by atoms with E-state index in [0.29, 0.717) is 10.6 Å². The normalized spacial score (nSPS) is 12.0. The van der Waals surface area contributed by atoms with Gasteiger partial charge in [-0.3, -0.25) is 0 Å². The first kappa shape index (κ1) is 20.0. The van der Waals surface area contributed by atoms with E-state index in [1.165, 1.54) is 5.56 Å². The summed E-state index contributed by atoms with van der Waals surface area (Å²) in [6.45, 7) is 6.58. The third kappa shape index (κ3) is 3.78. The summed E-state index contributed by atoms with van der Waals surface area (Å²) in [6.07, 6.45) is 1.78. The van der Waals surface area contributed by atoms with Gasteiger partial charge in [0, 0.05) is 11.1 Å². The minimum absolute atomic E-state index is 0.0896. The number of ether oxygens (including phenoxy) is 1. The smallest absolute Gasteiger partial charge is 0.216 e. The Bertz CT molecular complexity index is 1280. The van der Waals surface area contributed by atoms with Gasteiger partial charge in [-0.2, -0.15) is 14.9 Å². The van der Waals surface area contributed by atoms with Gasteiger partial charge in [-0.1, -0.05) is 75.4 Å². The van der Waals surface area contributed by atoms with Crippen LogP contribution in [0.15, 0.2) is 65.8 Å². The maximum absolute atomic E-state index is 5.56. The molecule has 0 saturated heterocycles. The first-order chi connectivity index (χ1) is 14.4. The van der Waals surface area contributed by atoms with Crippen LogP contribution in [0.1, 0.15) is 31.9 Å². The standard InChI is InChI=1S/C24H24N4OS/c1-24(2,3)18-12-9-17(10-13-18)22-26-27-23(30)28(22)25-15-20-19-8-6-5-7-16(19)11-14-21(20)29-4/h5-15H,1-4H3,(H,27,30). The SMILES string of the molecule is COc1ccc2ccccc2c1C=Nn1c(-c2ccc(C(C)(C)C)cc2)n[nH]c1=S. The van der Waals surface area contributed by atoms with Gasteiger partial charge in [0.05, 0.1) is 13.3 Å². The van der Waals surface area contributed by atoms with Crippen molar-refractivity contribution in [2.75, 3.05) is 7.11 Å². The number of nitrogens with one attached hydrogen (secondary N) is 1. The summed E-state index contributed by atoms with van der Waals surface area (Å²) in [5, 5.41) is 14.1. The van der Waals surface area contributed by atoms with E-state index >= 15 is 0 Å². The van der Waals surface area contributed by atoms with E-state index in [1.54, 1.807) is 18.0 Å². The molecule has 0 atom stereocenters. The molecule has 0 aliphatic rings. The van der Waals surface area contributed by atoms with Crippen LogP contribution in [0.4, 0.5) is 0 Å². The average Bonchev–Trinajstić information content (AvgIpc) is 3.11. The van der Waals surface area contributed by atoms with E-state index in [0.717, 1.165) is 27.6 Å². The molecule has 0 amide bonds. The van der Waals surface area contributed by atoms with Gasteiger partial charge in [0.15, 0.2) is 5.82 Å². The Morgan fingerprint density at radius 2 is 1.77 bits per heavy atom. The van der Waals surface area contributed by atoms with Crippen LogP contribution in [0.5, 0.6) is 5.75 Å². The molecule has 1 N–H and O–H groups in total. The molecule has 4 aromatic rings. The lowest BCUT2D eigenvalue weighted by molar-refractivity contribution is 0.415. The van der Waals surface area contributed by atoms with Crippen molar-refractivity contribution in [3.8, 4) is 17.1 Å². The highest BCUT2D eigenvalue weighted by atomic mass is 32.1. The van der Waals surface area contributed by atoms with E-state index in [1.807, 2.05) is 24.3 Å². The molecule has 30 heavy (non-hydrogen) atoms. The summed E-state index contributed by atoms with van der Waals surface area (Å²) in [6, 6.07) is 20.5. The molecule has 152 valence electrons. The van der Waals surface area contributed by atoms with Crippen LogP contribution in [0.3, 0.4) is 0 Å². The molecule has 4 rings (SSSR count). The Morgan fingerprint density at radius 1 is 1.03 bits per heavy atom. The highest BCUT2D eigenvalue weighted by Crippen LogP contribution is 2.28. The van der Waals surface area contributed by atoms with E-state index in [2.05, 4.69) is 72.5 Å². The van der Waals surface area contributed by atoms with Crippen LogP contribution >= 0.6 is 12.2 Å². The van der Waals surface area contributed by atoms with Crippen molar-refractivity contribution in [2.24, 2.45) is 5.10 Å². The number of H-pyrrole nitrogens is 1. The molecule has 0 unspecified atom stereocenters. The quantitative estimate of drug-likeness (QED) is 0.330. The molecule has 0 radical (unpaired) electrons. The maximum Gasteiger partial charge on any atom is 0.216 e. The fourth-order valence-corrected chi connectivity index (χ4v) is 3.59. The lowest BCUT2D eigenvalue weighted by Crippen LogP contribution is -2.10. The molecule has 0 spiro atoms. The third-order valence-electron chi connectivity index (χ3n) is 5.11. The summed E-state index contributed by atoms with van der Waals surface area (Å²) in [5.41, 5.74) is 3.19. The summed E-state index contributed by atoms with van der Waals surface area (Å²) in [7, 11) is 1.66. The minimum atomic E-state index is 0.0896. The predicted octanol–water partition coefficient (Wildman–Crippen LogP) is 5.95. The fourth-order valence-electron chi connectivity index (χ4n) is 3.41. The Hall–Kier alpha value is -3.25. The van der Waals surface area contributed by atoms with Crippen LogP contribution in [0.2, 0.25) is 0 Å². The Morgan fingerprint density at radius 3 is 2.47 bits per heavy atom. The molecule has 6 heteroatoms. The van der Waals surface area contributed by atoms with Gasteiger partial charge in [-0.05, 0) is 40.0 Å². The summed E-state index contributed by atoms with van der Waals surface area (Å²) in [4.78, 5) is 0. The van der Waals surface area contributed by atoms with Crippen LogP contribution in [-0.2, 0) is 5.41 Å². The first-order valence-corrected chi connectivity index (χ1v) is 10.2. The molecule has 1 aromatic heterocycles. The van der Waals surface area contributed by atoms with Gasteiger partial charge >= 0.3 is 0 Å². The molecule has 0 aliphatic heterocycles. The number of aromatic nitrogens is 3. The van der Waals surface area contributed by atoms with Crippen molar-refractivity contribution < 1.29 is 4.74 Å². The minimum Gasteiger partial charge on any atom is -0.496 e. The summed E-state index contributed by atoms with van der Waals surface area (Å²) < 4.78 is 7.64. The zero-order chi connectivity index (χ0) is 21.3. The summed E-state index contributed by atoms with van der Waals surface area (Å²) >= 11 is 5.43. The molecular formula is C24H24N4OS. The molecule has 3 aromatic carbocycles. The Kier molecular flexibility index (Phi) is 5.26. The molecule has 0 fully saturated rings. The molecule has 0 bridgehead atoms. The Balaban J connectivity index is 1.78. The van der Waals surface area contributed by atoms with Crippen molar-refractivity contribution in [3.63, 3.8) is 0 Å². The predicted molar refractivity (Wildman–Crippen MR) is 125 cm³/mol. The highest BCUT2D eigenvalue weighted by molar-refractivity contribution is 7.71. The molecule has 0 aliphatic carbocycles. The molecule has 1 heterocycles. The topological polar surface area (TPSA) is 55.2 Å². The van der Waals surface area contributed by atoms with Crippen LogP contribution in [0, 0.1) is 4.77 Å². The second-order valence-corrected chi connectivity index (χ2v) is 8.53. The number of rotatable bonds is 4. The molecule has 5 nitrogen and oxygen atoms in total. The number of benzene rings is 3. The number of hydrogen-bond donors (Lipinski definition) is 1. The number of fused-ring (bicyclic) bond motifs is 1. The second-order valence-electron chi connectivity index (χ2n) is 8.14. The number of hydrogen-bond acceptors (Lipinski definition) is 4. The lowest BCUT2D eigenvalue weighted by atomic mass is 9.87. The lowest BCUT2D eigenvalue weighted by Gasteiger charge is -2.18. The van der Waals surface area contributed by atoms with Gasteiger partial charge in [0.25, 0.3) is 0 Å². The first-order valence-electron chi connectivity index (χ1n) is 9.77. The van der Waals surface area contributed by atoms with Gasteiger partial charge in [0.2, 0.25) is 4.77 Å². The maximum atomic E-state index is 5.56. The van der Waals surface area contributed by atoms with Crippen molar-refractivity contribution in [1.29, 1.82) is 0 Å². The Labute approximate surface area is 181 Å². The molecular weight excluding hydrogens is 392 g/mol. The van der Waals surface area contributed by atoms with E-state index in [9.17, 15) is 0 Å². The van der Waals surface area contributed by atoms with Gasteiger partial charge in [0.1, 0.15) is 5.75 Å². The second kappa shape index (κ2) is 7.88. The summed E-state index contributed by atoms with van der Waals surface area (Å²) in [5.74, 6) is 1.42. The number of nitrogens with zero attached hydrogens (tertiary/aromatic N) is 3. The number of aromatic amines is 1. The zero-order valence-corrected chi connectivity index (χ0v) is 18.3. The van der Waals surface area contributed by atoms with E-state index in [4.69, 9.17) is 17.0 Å². The zero-order valence-electron chi connectivity index (χ0n) is 17.5. The van der Waals surface area contributed by atoms with E-state index < -0.39 is 0 Å². The van der Waals surface area contributed by atoms with Crippen molar-refractivity contribution in [3.05, 3.63) is 76.6 Å².